The molecule has 2 rings (SSSR count). The molecule has 2 aliphatic rings. The Kier molecular flexibility index (Phi) is 6.53. The lowest BCUT2D eigenvalue weighted by Crippen LogP contribution is -2.48. The Morgan fingerprint density at radius 1 is 1.58 bits per heavy atom. The number of carbonyl (C=O) groups excluding carboxylic acids is 1. The molecule has 0 aromatic carbocycles. The maximum Gasteiger partial charge on any atom is 0.230 e. The van der Waals surface area contributed by atoms with Crippen molar-refractivity contribution < 1.29 is 14.3 Å². The fraction of sp³-hybridized carbons (Fsp3) is 0.923. The van der Waals surface area contributed by atoms with E-state index in [1.165, 1.54) is 0 Å². The van der Waals surface area contributed by atoms with Gasteiger partial charge < -0.3 is 19.7 Å². The lowest BCUT2D eigenvalue weighted by molar-refractivity contribution is -0.143. The molecule has 0 saturated carbocycles. The van der Waals surface area contributed by atoms with Gasteiger partial charge in [-0.3, -0.25) is 4.79 Å². The molecular weight excluding hydrogens is 268 g/mol. The predicted octanol–water partition coefficient (Wildman–Crippen LogP) is 0.672. The van der Waals surface area contributed by atoms with Gasteiger partial charge in [-0.2, -0.15) is 0 Å². The van der Waals surface area contributed by atoms with Crippen LogP contribution in [0.3, 0.4) is 0 Å². The van der Waals surface area contributed by atoms with E-state index in [2.05, 4.69) is 5.32 Å². The molecule has 0 bridgehead atoms. The first-order chi connectivity index (χ1) is 8.69. The Bertz CT molecular complexity index is 290. The highest BCUT2D eigenvalue weighted by molar-refractivity contribution is 5.85. The van der Waals surface area contributed by atoms with E-state index in [4.69, 9.17) is 9.47 Å². The number of ether oxygens (including phenoxy) is 2. The van der Waals surface area contributed by atoms with E-state index in [-0.39, 0.29) is 29.8 Å². The summed E-state index contributed by atoms with van der Waals surface area (Å²) in [7, 11) is 3.60. The molecule has 5 nitrogen and oxygen atoms in total. The maximum absolute atomic E-state index is 12.7. The summed E-state index contributed by atoms with van der Waals surface area (Å²) in [6.45, 7) is 3.78. The third kappa shape index (κ3) is 3.60. The van der Waals surface area contributed by atoms with Crippen LogP contribution in [0, 0.1) is 5.41 Å². The van der Waals surface area contributed by atoms with Crippen molar-refractivity contribution in [1.82, 2.24) is 10.2 Å². The molecule has 6 heteroatoms. The number of carbonyl (C=O) groups is 1. The molecule has 0 spiro atoms. The summed E-state index contributed by atoms with van der Waals surface area (Å²) in [5.74, 6) is 0.250. The fourth-order valence-electron chi connectivity index (χ4n) is 2.91. The largest absolute Gasteiger partial charge is 0.385 e. The second kappa shape index (κ2) is 7.43. The minimum absolute atomic E-state index is 0. The quantitative estimate of drug-likeness (QED) is 0.809. The Hall–Kier alpha value is -0.360. The van der Waals surface area contributed by atoms with Crippen LogP contribution in [0.25, 0.3) is 0 Å². The van der Waals surface area contributed by atoms with Crippen molar-refractivity contribution in [2.24, 2.45) is 5.41 Å². The highest BCUT2D eigenvalue weighted by atomic mass is 35.5. The van der Waals surface area contributed by atoms with E-state index in [1.54, 1.807) is 7.11 Å². The number of amides is 1. The molecular formula is C13H25ClN2O3. The third-order valence-electron chi connectivity index (χ3n) is 4.26. The van der Waals surface area contributed by atoms with E-state index in [0.29, 0.717) is 13.2 Å². The van der Waals surface area contributed by atoms with Gasteiger partial charge >= 0.3 is 0 Å². The van der Waals surface area contributed by atoms with Gasteiger partial charge in [0.2, 0.25) is 5.91 Å². The number of hydrogen-bond donors (Lipinski definition) is 1. The number of hydrogen-bond acceptors (Lipinski definition) is 4. The van der Waals surface area contributed by atoms with Crippen LogP contribution in [0.1, 0.15) is 19.3 Å². The number of halogens is 1. The minimum Gasteiger partial charge on any atom is -0.385 e. The molecule has 2 atom stereocenters. The Labute approximate surface area is 121 Å². The monoisotopic (exact) mass is 292 g/mol. The van der Waals surface area contributed by atoms with Crippen molar-refractivity contribution >= 4 is 18.3 Å². The van der Waals surface area contributed by atoms with Crippen molar-refractivity contribution in [2.45, 2.75) is 25.3 Å². The Morgan fingerprint density at radius 3 is 2.89 bits per heavy atom. The van der Waals surface area contributed by atoms with Crippen LogP contribution >= 0.6 is 12.4 Å². The molecule has 2 fully saturated rings. The summed E-state index contributed by atoms with van der Waals surface area (Å²) in [4.78, 5) is 14.6. The summed E-state index contributed by atoms with van der Waals surface area (Å²) in [5.41, 5.74) is -0.270. The van der Waals surface area contributed by atoms with Crippen LogP contribution in [0.4, 0.5) is 0 Å². The summed E-state index contributed by atoms with van der Waals surface area (Å²) in [6.07, 6.45) is 2.66. The first kappa shape index (κ1) is 16.7. The number of nitrogens with one attached hydrogen (secondary N) is 1. The average molecular weight is 293 g/mol. The summed E-state index contributed by atoms with van der Waals surface area (Å²) in [6, 6.07) is 0.248. The molecule has 2 unspecified atom stereocenters. The molecule has 2 aliphatic heterocycles. The van der Waals surface area contributed by atoms with Gasteiger partial charge in [0, 0.05) is 33.9 Å². The lowest BCUT2D eigenvalue weighted by atomic mass is 9.82. The number of rotatable bonds is 5. The molecule has 1 N–H and O–H groups in total. The van der Waals surface area contributed by atoms with E-state index in [1.807, 2.05) is 11.9 Å². The zero-order valence-electron chi connectivity index (χ0n) is 11.8. The van der Waals surface area contributed by atoms with Crippen LogP contribution in [0.15, 0.2) is 0 Å². The Morgan fingerprint density at radius 2 is 2.37 bits per heavy atom. The molecule has 112 valence electrons. The van der Waals surface area contributed by atoms with Gasteiger partial charge in [0.1, 0.15) is 0 Å². The van der Waals surface area contributed by atoms with E-state index >= 15 is 0 Å². The second-order valence-corrected chi connectivity index (χ2v) is 5.38. The molecule has 0 aliphatic carbocycles. The van der Waals surface area contributed by atoms with Crippen molar-refractivity contribution in [3.8, 4) is 0 Å². The first-order valence-corrected chi connectivity index (χ1v) is 6.74. The highest BCUT2D eigenvalue weighted by Crippen LogP contribution is 2.33. The molecule has 2 saturated heterocycles. The van der Waals surface area contributed by atoms with Gasteiger partial charge in [-0.1, -0.05) is 0 Å². The normalized spacial score (nSPS) is 30.1. The van der Waals surface area contributed by atoms with Crippen molar-refractivity contribution in [3.05, 3.63) is 0 Å². The number of likely N-dealkylation sites (N-methyl/N-ethyl adjacent to an activating group) is 1. The molecule has 0 aromatic heterocycles. The maximum atomic E-state index is 12.7. The molecule has 0 radical (unpaired) electrons. The summed E-state index contributed by atoms with van der Waals surface area (Å²) in [5, 5.41) is 3.31. The fourth-order valence-corrected chi connectivity index (χ4v) is 2.91. The van der Waals surface area contributed by atoms with E-state index < -0.39 is 0 Å². The van der Waals surface area contributed by atoms with Crippen molar-refractivity contribution in [1.29, 1.82) is 0 Å². The molecule has 2 heterocycles. The van der Waals surface area contributed by atoms with Crippen molar-refractivity contribution in [3.63, 3.8) is 0 Å². The number of methoxy groups -OCH3 is 1. The lowest BCUT2D eigenvalue weighted by Gasteiger charge is -2.34. The van der Waals surface area contributed by atoms with Gasteiger partial charge in [-0.25, -0.2) is 0 Å². The average Bonchev–Trinajstić information content (AvgIpc) is 3.06. The van der Waals surface area contributed by atoms with Gasteiger partial charge in [0.05, 0.1) is 18.1 Å². The van der Waals surface area contributed by atoms with Crippen LogP contribution in [-0.2, 0) is 14.3 Å². The zero-order valence-corrected chi connectivity index (χ0v) is 12.6. The third-order valence-corrected chi connectivity index (χ3v) is 4.26. The van der Waals surface area contributed by atoms with Gasteiger partial charge in [0.25, 0.3) is 0 Å². The number of nitrogens with zero attached hydrogens (tertiary/aromatic N) is 1. The van der Waals surface area contributed by atoms with Crippen LogP contribution < -0.4 is 5.32 Å². The van der Waals surface area contributed by atoms with Crippen LogP contribution in [-0.4, -0.2) is 63.9 Å². The molecule has 0 aromatic rings. The van der Waals surface area contributed by atoms with Gasteiger partial charge in [-0.15, -0.1) is 12.4 Å². The van der Waals surface area contributed by atoms with Crippen LogP contribution in [0.5, 0.6) is 0 Å². The standard InChI is InChI=1S/C13H24N2O3.ClH/c1-15(11-3-7-18-9-11)12(16)13(5-8-17-2)4-6-14-10-13;/h11,14H,3-10H2,1-2H3;1H. The Balaban J connectivity index is 0.00000180. The molecule has 19 heavy (non-hydrogen) atoms. The smallest absolute Gasteiger partial charge is 0.230 e. The topological polar surface area (TPSA) is 50.8 Å². The first-order valence-electron chi connectivity index (χ1n) is 6.74. The minimum atomic E-state index is -0.270. The zero-order chi connectivity index (χ0) is 13.0. The predicted molar refractivity (Wildman–Crippen MR) is 75.7 cm³/mol. The second-order valence-electron chi connectivity index (χ2n) is 5.38. The van der Waals surface area contributed by atoms with E-state index in [0.717, 1.165) is 39.0 Å². The van der Waals surface area contributed by atoms with Crippen molar-refractivity contribution in [2.75, 3.05) is 47.1 Å². The molecule has 1 amide bonds. The summed E-state index contributed by atoms with van der Waals surface area (Å²) < 4.78 is 10.5. The van der Waals surface area contributed by atoms with Gasteiger partial charge in [-0.05, 0) is 25.8 Å². The summed E-state index contributed by atoms with van der Waals surface area (Å²) >= 11 is 0. The van der Waals surface area contributed by atoms with Gasteiger partial charge in [0.15, 0.2) is 0 Å². The van der Waals surface area contributed by atoms with Crippen LogP contribution in [0.2, 0.25) is 0 Å². The highest BCUT2D eigenvalue weighted by Gasteiger charge is 2.44. The SMILES string of the molecule is COCCC1(C(=O)N(C)C2CCOC2)CCNC1.Cl. The van der Waals surface area contributed by atoms with E-state index in [9.17, 15) is 4.79 Å².